The van der Waals surface area contributed by atoms with Crippen LogP contribution in [0.1, 0.15) is 46.4 Å². The van der Waals surface area contributed by atoms with E-state index in [1.54, 1.807) is 6.33 Å². The van der Waals surface area contributed by atoms with Crippen molar-refractivity contribution < 1.29 is 5.11 Å². The Labute approximate surface area is 146 Å². The van der Waals surface area contributed by atoms with Crippen LogP contribution in [0.25, 0.3) is 0 Å². The molecule has 0 aliphatic carbocycles. The van der Waals surface area contributed by atoms with Crippen molar-refractivity contribution in [2.75, 3.05) is 26.2 Å². The first kappa shape index (κ1) is 20.4. The van der Waals surface area contributed by atoms with E-state index < -0.39 is 0 Å². The summed E-state index contributed by atoms with van der Waals surface area (Å²) in [6.45, 7) is 11.9. The van der Waals surface area contributed by atoms with Gasteiger partial charge in [0, 0.05) is 39.2 Å². The second-order valence-electron chi connectivity index (χ2n) is 6.45. The first-order valence-electron chi connectivity index (χ1n) is 9.10. The third-order valence-corrected chi connectivity index (χ3v) is 3.85. The smallest absolute Gasteiger partial charge is 0.191 e. The van der Waals surface area contributed by atoms with Crippen LogP contribution < -0.4 is 10.6 Å². The van der Waals surface area contributed by atoms with Gasteiger partial charge < -0.3 is 20.3 Å². The lowest BCUT2D eigenvalue weighted by Crippen LogP contribution is -2.39. The van der Waals surface area contributed by atoms with Crippen molar-refractivity contribution in [3.8, 4) is 0 Å². The maximum atomic E-state index is 9.22. The molecule has 1 aromatic rings. The van der Waals surface area contributed by atoms with E-state index in [0.29, 0.717) is 11.8 Å². The summed E-state index contributed by atoms with van der Waals surface area (Å²) in [5, 5.41) is 23.9. The van der Waals surface area contributed by atoms with E-state index in [4.69, 9.17) is 0 Å². The molecule has 0 aromatic carbocycles. The van der Waals surface area contributed by atoms with Gasteiger partial charge in [0.25, 0.3) is 0 Å². The highest BCUT2D eigenvalue weighted by Crippen LogP contribution is 2.15. The van der Waals surface area contributed by atoms with Gasteiger partial charge in [-0.15, -0.1) is 10.2 Å². The maximum absolute atomic E-state index is 9.22. The van der Waals surface area contributed by atoms with E-state index in [9.17, 15) is 5.11 Å². The summed E-state index contributed by atoms with van der Waals surface area (Å²) in [6.07, 6.45) is 4.54. The first-order chi connectivity index (χ1) is 11.6. The number of aliphatic hydroxyl groups excluding tert-OH is 1. The Morgan fingerprint density at radius 2 is 2.12 bits per heavy atom. The molecule has 0 fully saturated rings. The summed E-state index contributed by atoms with van der Waals surface area (Å²) in [6, 6.07) is 0. The Morgan fingerprint density at radius 3 is 2.75 bits per heavy atom. The van der Waals surface area contributed by atoms with E-state index >= 15 is 0 Å². The predicted molar refractivity (Wildman–Crippen MR) is 98.0 cm³/mol. The lowest BCUT2D eigenvalue weighted by molar-refractivity contribution is 0.245. The van der Waals surface area contributed by atoms with Crippen LogP contribution in [0.4, 0.5) is 0 Å². The summed E-state index contributed by atoms with van der Waals surface area (Å²) in [4.78, 5) is 4.69. The van der Waals surface area contributed by atoms with E-state index in [-0.39, 0.29) is 6.61 Å². The summed E-state index contributed by atoms with van der Waals surface area (Å²) in [7, 11) is 0. The molecule has 0 amide bonds. The summed E-state index contributed by atoms with van der Waals surface area (Å²) in [5.74, 6) is 2.87. The molecule has 0 aliphatic rings. The molecule has 1 atom stereocenters. The molecular formula is C17H34N6O. The zero-order valence-corrected chi connectivity index (χ0v) is 15.6. The topological polar surface area (TPSA) is 87.4 Å². The van der Waals surface area contributed by atoms with E-state index in [1.165, 1.54) is 0 Å². The van der Waals surface area contributed by atoms with Gasteiger partial charge in [-0.2, -0.15) is 0 Å². The highest BCUT2D eigenvalue weighted by Gasteiger charge is 2.10. The average Bonchev–Trinajstić information content (AvgIpc) is 2.99. The fourth-order valence-electron chi connectivity index (χ4n) is 2.73. The van der Waals surface area contributed by atoms with Crippen LogP contribution in [0.2, 0.25) is 0 Å². The molecule has 3 N–H and O–H groups in total. The van der Waals surface area contributed by atoms with E-state index in [0.717, 1.165) is 57.2 Å². The Hall–Kier alpha value is -1.63. The summed E-state index contributed by atoms with van der Waals surface area (Å²) in [5.41, 5.74) is 0. The standard InChI is InChI=1S/C17H34N6O/c1-5-16-22-21-13-23(16)9-8-19-17(18-6-2)20-12-15(7-10-24)11-14(3)4/h13-15,24H,5-12H2,1-4H3,(H2,18,19,20). The van der Waals surface area contributed by atoms with Gasteiger partial charge >= 0.3 is 0 Å². The number of nitrogens with one attached hydrogen (secondary N) is 2. The molecule has 0 radical (unpaired) electrons. The van der Waals surface area contributed by atoms with Gasteiger partial charge in [0.15, 0.2) is 5.96 Å². The predicted octanol–water partition coefficient (Wildman–Crippen LogP) is 1.44. The van der Waals surface area contributed by atoms with Gasteiger partial charge in [0.2, 0.25) is 0 Å². The maximum Gasteiger partial charge on any atom is 0.191 e. The Bertz CT molecular complexity index is 471. The van der Waals surface area contributed by atoms with Crippen molar-refractivity contribution in [3.63, 3.8) is 0 Å². The van der Waals surface area contributed by atoms with Crippen LogP contribution >= 0.6 is 0 Å². The van der Waals surface area contributed by atoms with Gasteiger partial charge in [0.05, 0.1) is 0 Å². The van der Waals surface area contributed by atoms with Crippen molar-refractivity contribution in [1.82, 2.24) is 25.4 Å². The van der Waals surface area contributed by atoms with Crippen molar-refractivity contribution >= 4 is 5.96 Å². The van der Waals surface area contributed by atoms with Crippen LogP contribution in [0.3, 0.4) is 0 Å². The Kier molecular flexibility index (Phi) is 10.1. The summed E-state index contributed by atoms with van der Waals surface area (Å²) < 4.78 is 2.06. The Balaban J connectivity index is 2.51. The number of aliphatic imine (C=N–C) groups is 1. The molecule has 138 valence electrons. The molecule has 1 rings (SSSR count). The molecular weight excluding hydrogens is 304 g/mol. The van der Waals surface area contributed by atoms with Gasteiger partial charge in [-0.25, -0.2) is 0 Å². The third kappa shape index (κ3) is 7.77. The van der Waals surface area contributed by atoms with Gasteiger partial charge in [-0.1, -0.05) is 20.8 Å². The van der Waals surface area contributed by atoms with Gasteiger partial charge in [-0.05, 0) is 31.6 Å². The van der Waals surface area contributed by atoms with Crippen LogP contribution in [0.15, 0.2) is 11.3 Å². The number of nitrogens with zero attached hydrogens (tertiary/aromatic N) is 4. The van der Waals surface area contributed by atoms with Gasteiger partial charge in [0.1, 0.15) is 12.2 Å². The van der Waals surface area contributed by atoms with Crippen LogP contribution in [0, 0.1) is 11.8 Å². The van der Waals surface area contributed by atoms with E-state index in [2.05, 4.69) is 58.1 Å². The molecule has 1 unspecified atom stereocenters. The highest BCUT2D eigenvalue weighted by atomic mass is 16.3. The van der Waals surface area contributed by atoms with Crippen molar-refractivity contribution in [3.05, 3.63) is 12.2 Å². The second-order valence-corrected chi connectivity index (χ2v) is 6.45. The Morgan fingerprint density at radius 1 is 1.33 bits per heavy atom. The lowest BCUT2D eigenvalue weighted by atomic mass is 9.94. The molecule has 24 heavy (non-hydrogen) atoms. The summed E-state index contributed by atoms with van der Waals surface area (Å²) >= 11 is 0. The quantitative estimate of drug-likeness (QED) is 0.420. The fraction of sp³-hybridized carbons (Fsp3) is 0.824. The minimum absolute atomic E-state index is 0.226. The minimum Gasteiger partial charge on any atom is -0.396 e. The van der Waals surface area contributed by atoms with E-state index in [1.807, 2.05) is 0 Å². The monoisotopic (exact) mass is 338 g/mol. The molecule has 0 spiro atoms. The van der Waals surface area contributed by atoms with Crippen molar-refractivity contribution in [2.45, 2.75) is 53.5 Å². The molecule has 7 heteroatoms. The van der Waals surface area contributed by atoms with Crippen LogP contribution in [-0.4, -0.2) is 52.1 Å². The second kappa shape index (κ2) is 11.8. The molecule has 1 aromatic heterocycles. The van der Waals surface area contributed by atoms with Gasteiger partial charge in [-0.3, -0.25) is 4.99 Å². The minimum atomic E-state index is 0.226. The fourth-order valence-corrected chi connectivity index (χ4v) is 2.73. The van der Waals surface area contributed by atoms with Crippen molar-refractivity contribution in [1.29, 1.82) is 0 Å². The highest BCUT2D eigenvalue weighted by molar-refractivity contribution is 5.79. The number of hydrogen-bond donors (Lipinski definition) is 3. The number of hydrogen-bond acceptors (Lipinski definition) is 4. The number of aromatic nitrogens is 3. The molecule has 0 aliphatic heterocycles. The number of aliphatic hydroxyl groups is 1. The third-order valence-electron chi connectivity index (χ3n) is 3.85. The SMILES string of the molecule is CCNC(=NCC(CCO)CC(C)C)NCCn1cnnc1CC. The molecule has 7 nitrogen and oxygen atoms in total. The number of rotatable bonds is 11. The van der Waals surface area contributed by atoms with Crippen LogP contribution in [0.5, 0.6) is 0 Å². The average molecular weight is 339 g/mol. The number of guanidine groups is 1. The number of aryl methyl sites for hydroxylation is 1. The molecule has 0 saturated carbocycles. The first-order valence-corrected chi connectivity index (χ1v) is 9.10. The zero-order valence-electron chi connectivity index (χ0n) is 15.6. The molecule has 0 saturated heterocycles. The van der Waals surface area contributed by atoms with Crippen molar-refractivity contribution in [2.24, 2.45) is 16.8 Å². The zero-order chi connectivity index (χ0) is 17.8. The largest absolute Gasteiger partial charge is 0.396 e. The molecule has 0 bridgehead atoms. The molecule has 1 heterocycles. The van der Waals surface area contributed by atoms with Crippen LogP contribution in [-0.2, 0) is 13.0 Å². The lowest BCUT2D eigenvalue weighted by Gasteiger charge is -2.17. The normalized spacial score (nSPS) is 13.3.